The van der Waals surface area contributed by atoms with Crippen LogP contribution in [0.5, 0.6) is 5.75 Å². The van der Waals surface area contributed by atoms with Crippen molar-refractivity contribution in [2.45, 2.75) is 0 Å². The Labute approximate surface area is 131 Å². The van der Waals surface area contributed by atoms with E-state index in [1.807, 2.05) is 0 Å². The van der Waals surface area contributed by atoms with E-state index in [1.54, 1.807) is 19.2 Å². The number of amides is 1. The predicted molar refractivity (Wildman–Crippen MR) is 83.6 cm³/mol. The first kappa shape index (κ1) is 15.6. The molecule has 0 spiro atoms. The molecule has 7 heteroatoms. The average Bonchev–Trinajstić information content (AvgIpc) is 2.39. The number of ether oxygens (including phenoxy) is 1. The van der Waals surface area contributed by atoms with Gasteiger partial charge in [-0.3, -0.25) is 9.69 Å². The summed E-state index contributed by atoms with van der Waals surface area (Å²) in [5.74, 6) is 0.502. The molecule has 1 heterocycles. The number of methoxy groups -OCH3 is 1. The van der Waals surface area contributed by atoms with Gasteiger partial charge >= 0.3 is 0 Å². The number of carbonyl (C=O) groups is 1. The second kappa shape index (κ2) is 7.26. The fraction of sp³-hybridized carbons (Fsp3) is 0.462. The molecule has 2 N–H and O–H groups in total. The highest BCUT2D eigenvalue weighted by Gasteiger charge is 2.16. The first-order valence-electron chi connectivity index (χ1n) is 6.36. The van der Waals surface area contributed by atoms with Crippen LogP contribution in [0, 0.1) is 0 Å². The summed E-state index contributed by atoms with van der Waals surface area (Å²) in [4.78, 5) is 14.2. The van der Waals surface area contributed by atoms with Crippen molar-refractivity contribution in [3.8, 4) is 5.75 Å². The molecular weight excluding hydrogens is 346 g/mol. The van der Waals surface area contributed by atoms with Crippen LogP contribution < -0.4 is 15.4 Å². The summed E-state index contributed by atoms with van der Waals surface area (Å²) in [5.41, 5.74) is 0.576. The van der Waals surface area contributed by atoms with Crippen molar-refractivity contribution in [3.63, 3.8) is 0 Å². The molecule has 1 saturated heterocycles. The van der Waals surface area contributed by atoms with Gasteiger partial charge in [-0.15, -0.1) is 0 Å². The first-order valence-corrected chi connectivity index (χ1v) is 7.53. The SMILES string of the molecule is COc1c(Br)cc(Cl)cc1NC(=O)CN1CCNCC1. The van der Waals surface area contributed by atoms with Gasteiger partial charge in [0.2, 0.25) is 5.91 Å². The minimum Gasteiger partial charge on any atom is -0.493 e. The van der Waals surface area contributed by atoms with E-state index in [2.05, 4.69) is 31.5 Å². The number of rotatable bonds is 4. The van der Waals surface area contributed by atoms with Crippen LogP contribution in [0.1, 0.15) is 0 Å². The van der Waals surface area contributed by atoms with Crippen LogP contribution in [0.15, 0.2) is 16.6 Å². The molecule has 110 valence electrons. The van der Waals surface area contributed by atoms with Crippen LogP contribution >= 0.6 is 27.5 Å². The van der Waals surface area contributed by atoms with Crippen molar-refractivity contribution in [1.29, 1.82) is 0 Å². The van der Waals surface area contributed by atoms with Crippen molar-refractivity contribution in [2.75, 3.05) is 45.2 Å². The molecule has 0 atom stereocenters. The molecule has 1 fully saturated rings. The van der Waals surface area contributed by atoms with Crippen molar-refractivity contribution < 1.29 is 9.53 Å². The fourth-order valence-electron chi connectivity index (χ4n) is 2.12. The monoisotopic (exact) mass is 361 g/mol. The Morgan fingerprint density at radius 2 is 2.20 bits per heavy atom. The van der Waals surface area contributed by atoms with Gasteiger partial charge in [-0.2, -0.15) is 0 Å². The molecule has 0 aromatic heterocycles. The summed E-state index contributed by atoms with van der Waals surface area (Å²) in [5, 5.41) is 6.64. The number of nitrogens with zero attached hydrogens (tertiary/aromatic N) is 1. The summed E-state index contributed by atoms with van der Waals surface area (Å²) in [6.45, 7) is 3.96. The van der Waals surface area contributed by atoms with Crippen molar-refractivity contribution in [1.82, 2.24) is 10.2 Å². The van der Waals surface area contributed by atoms with Crippen molar-refractivity contribution >= 4 is 39.1 Å². The number of carbonyl (C=O) groups excluding carboxylic acids is 1. The third-order valence-electron chi connectivity index (χ3n) is 3.06. The van der Waals surface area contributed by atoms with Gasteiger partial charge in [-0.25, -0.2) is 0 Å². The second-order valence-electron chi connectivity index (χ2n) is 4.54. The molecule has 5 nitrogen and oxygen atoms in total. The Morgan fingerprint density at radius 1 is 1.50 bits per heavy atom. The van der Waals surface area contributed by atoms with Gasteiger partial charge in [-0.1, -0.05) is 11.6 Å². The third kappa shape index (κ3) is 4.09. The molecule has 0 aliphatic carbocycles. The largest absolute Gasteiger partial charge is 0.493 e. The van der Waals surface area contributed by atoms with Gasteiger partial charge in [0.25, 0.3) is 0 Å². The second-order valence-corrected chi connectivity index (χ2v) is 5.83. The lowest BCUT2D eigenvalue weighted by molar-refractivity contribution is -0.117. The van der Waals surface area contributed by atoms with E-state index in [9.17, 15) is 4.79 Å². The van der Waals surface area contributed by atoms with Crippen LogP contribution in [-0.2, 0) is 4.79 Å². The number of nitrogens with one attached hydrogen (secondary N) is 2. The van der Waals surface area contributed by atoms with Gasteiger partial charge in [0.15, 0.2) is 5.75 Å². The maximum atomic E-state index is 12.1. The summed E-state index contributed by atoms with van der Waals surface area (Å²) in [6, 6.07) is 3.41. The first-order chi connectivity index (χ1) is 9.60. The van der Waals surface area contributed by atoms with Crippen LogP contribution in [0.4, 0.5) is 5.69 Å². The van der Waals surface area contributed by atoms with E-state index in [0.29, 0.717) is 27.5 Å². The summed E-state index contributed by atoms with van der Waals surface area (Å²) in [7, 11) is 1.56. The molecular formula is C13H17BrClN3O2. The minimum atomic E-state index is -0.0700. The zero-order valence-corrected chi connectivity index (χ0v) is 13.6. The fourth-order valence-corrected chi connectivity index (χ4v) is 3.09. The topological polar surface area (TPSA) is 53.6 Å². The number of piperazine rings is 1. The van der Waals surface area contributed by atoms with E-state index in [0.717, 1.165) is 26.2 Å². The molecule has 0 unspecified atom stereocenters. The van der Waals surface area contributed by atoms with E-state index in [1.165, 1.54) is 0 Å². The van der Waals surface area contributed by atoms with Crippen LogP contribution in [0.2, 0.25) is 5.02 Å². The van der Waals surface area contributed by atoms with E-state index >= 15 is 0 Å². The zero-order valence-electron chi connectivity index (χ0n) is 11.2. The van der Waals surface area contributed by atoms with E-state index < -0.39 is 0 Å². The average molecular weight is 363 g/mol. The lowest BCUT2D eigenvalue weighted by atomic mass is 10.3. The number of hydrogen-bond donors (Lipinski definition) is 2. The molecule has 0 radical (unpaired) electrons. The Hall–Kier alpha value is -0.820. The highest BCUT2D eigenvalue weighted by molar-refractivity contribution is 9.10. The van der Waals surface area contributed by atoms with Crippen LogP contribution in [0.25, 0.3) is 0 Å². The summed E-state index contributed by atoms with van der Waals surface area (Å²) in [6.07, 6.45) is 0. The maximum absolute atomic E-state index is 12.1. The molecule has 1 aromatic carbocycles. The Kier molecular flexibility index (Phi) is 5.65. The highest BCUT2D eigenvalue weighted by atomic mass is 79.9. The normalized spacial score (nSPS) is 15.9. The van der Waals surface area contributed by atoms with E-state index in [4.69, 9.17) is 16.3 Å². The minimum absolute atomic E-state index is 0.0700. The van der Waals surface area contributed by atoms with Crippen LogP contribution in [0.3, 0.4) is 0 Å². The standard InChI is InChI=1S/C13H17BrClN3O2/c1-20-13-10(14)6-9(15)7-11(13)17-12(19)8-18-4-2-16-3-5-18/h6-7,16H,2-5,8H2,1H3,(H,17,19). The molecule has 20 heavy (non-hydrogen) atoms. The van der Waals surface area contributed by atoms with Gasteiger partial charge in [0, 0.05) is 31.2 Å². The lowest BCUT2D eigenvalue weighted by Gasteiger charge is -2.26. The van der Waals surface area contributed by atoms with Gasteiger partial charge in [-0.05, 0) is 28.1 Å². The number of hydrogen-bond acceptors (Lipinski definition) is 4. The number of anilines is 1. The van der Waals surface area contributed by atoms with E-state index in [-0.39, 0.29) is 5.91 Å². The summed E-state index contributed by atoms with van der Waals surface area (Å²) >= 11 is 9.37. The van der Waals surface area contributed by atoms with Crippen molar-refractivity contribution in [2.24, 2.45) is 0 Å². The molecule has 1 aliphatic rings. The number of halogens is 2. The van der Waals surface area contributed by atoms with Crippen LogP contribution in [-0.4, -0.2) is 50.6 Å². The molecule has 1 aliphatic heterocycles. The molecule has 0 saturated carbocycles. The predicted octanol–water partition coefficient (Wildman–Crippen LogP) is 1.95. The van der Waals surface area contributed by atoms with Gasteiger partial charge < -0.3 is 15.4 Å². The van der Waals surface area contributed by atoms with Gasteiger partial charge in [0.1, 0.15) is 0 Å². The third-order valence-corrected chi connectivity index (χ3v) is 3.87. The Balaban J connectivity index is 2.03. The maximum Gasteiger partial charge on any atom is 0.238 e. The zero-order chi connectivity index (χ0) is 14.5. The quantitative estimate of drug-likeness (QED) is 0.860. The smallest absolute Gasteiger partial charge is 0.238 e. The number of benzene rings is 1. The molecule has 2 rings (SSSR count). The molecule has 0 bridgehead atoms. The highest BCUT2D eigenvalue weighted by Crippen LogP contribution is 2.36. The Morgan fingerprint density at radius 3 is 2.85 bits per heavy atom. The summed E-state index contributed by atoms with van der Waals surface area (Å²) < 4.78 is 5.99. The van der Waals surface area contributed by atoms with Crippen molar-refractivity contribution in [3.05, 3.63) is 21.6 Å². The lowest BCUT2D eigenvalue weighted by Crippen LogP contribution is -2.46. The van der Waals surface area contributed by atoms with Gasteiger partial charge in [0.05, 0.1) is 23.8 Å². The molecule has 1 amide bonds. The Bertz CT molecular complexity index is 493. The molecule has 1 aromatic rings.